The number of hydrogen-bond donors (Lipinski definition) is 3. The van der Waals surface area contributed by atoms with E-state index >= 15 is 0 Å². The van der Waals surface area contributed by atoms with Gasteiger partial charge in [0.25, 0.3) is 0 Å². The monoisotopic (exact) mass is 330 g/mol. The molecule has 0 unspecified atom stereocenters. The fourth-order valence-corrected chi connectivity index (χ4v) is 2.59. The first-order valence-electron chi connectivity index (χ1n) is 6.29. The van der Waals surface area contributed by atoms with Crippen LogP contribution in [0.25, 0.3) is 11.0 Å². The third kappa shape index (κ3) is 2.86. The Morgan fingerprint density at radius 2 is 2.27 bits per heavy atom. The number of rotatable bonds is 4. The number of anilines is 1. The van der Waals surface area contributed by atoms with Crippen LogP contribution < -0.4 is 10.9 Å². The van der Waals surface area contributed by atoms with Crippen molar-refractivity contribution in [3.05, 3.63) is 12.5 Å². The van der Waals surface area contributed by atoms with Gasteiger partial charge >= 0.3 is 10.3 Å². The highest BCUT2D eigenvalue weighted by molar-refractivity contribution is 7.84. The first-order valence-corrected chi connectivity index (χ1v) is 7.76. The van der Waals surface area contributed by atoms with Crippen molar-refractivity contribution in [2.45, 2.75) is 24.9 Å². The summed E-state index contributed by atoms with van der Waals surface area (Å²) in [5, 5.41) is 19.4. The lowest BCUT2D eigenvalue weighted by atomic mass is 10.2. The largest absolute Gasteiger partial charge is 0.390 e. The molecule has 0 aliphatic carbocycles. The molecule has 120 valence electrons. The van der Waals surface area contributed by atoms with Gasteiger partial charge in [0.15, 0.2) is 11.9 Å². The zero-order chi connectivity index (χ0) is 15.9. The van der Waals surface area contributed by atoms with Crippen LogP contribution in [0.4, 0.5) is 5.82 Å². The van der Waals surface area contributed by atoms with Gasteiger partial charge in [0.05, 0.1) is 24.3 Å². The van der Waals surface area contributed by atoms with E-state index in [9.17, 15) is 13.5 Å². The Labute approximate surface area is 125 Å². The number of nitrogens with zero attached hydrogens (tertiary/aromatic N) is 4. The molecule has 0 radical (unpaired) electrons. The van der Waals surface area contributed by atoms with Crippen LogP contribution in [0.2, 0.25) is 0 Å². The highest BCUT2D eigenvalue weighted by Gasteiger charge is 2.37. The number of nitrogens with two attached hydrogens (primary N) is 2. The maximum Gasteiger partial charge on any atom is 0.333 e. The van der Waals surface area contributed by atoms with Crippen molar-refractivity contribution in [1.29, 1.82) is 0 Å². The molecule has 0 bridgehead atoms. The molecule has 3 atom stereocenters. The van der Waals surface area contributed by atoms with Crippen molar-refractivity contribution in [2.24, 2.45) is 5.14 Å². The number of ether oxygens (including phenoxy) is 1. The molecular weight excluding hydrogens is 316 g/mol. The van der Waals surface area contributed by atoms with Gasteiger partial charge in [0.1, 0.15) is 18.2 Å². The minimum atomic E-state index is -4.10. The fraction of sp³-hybridized carbons (Fsp3) is 0.500. The van der Waals surface area contributed by atoms with Crippen molar-refractivity contribution >= 4 is 27.2 Å². The standard InChI is InChI=1S/C10H14N6O5S/c11-9-5-2-15-16(10(5)14-4-13-9)8-1-6(17)7(21-8)3-20-22(12,18)19/h2,4,6-8,17H,1,3H2,(H2,11,13,14)(H2,12,18,19)/t6-,7+,8+/m0/s1. The molecule has 0 spiro atoms. The summed E-state index contributed by atoms with van der Waals surface area (Å²) in [6.07, 6.45) is 0.583. The number of aliphatic hydroxyl groups excluding tert-OH is 1. The Morgan fingerprint density at radius 1 is 1.50 bits per heavy atom. The van der Waals surface area contributed by atoms with E-state index in [4.69, 9.17) is 15.6 Å². The molecule has 11 nitrogen and oxygen atoms in total. The molecule has 0 saturated carbocycles. The van der Waals surface area contributed by atoms with Crippen LogP contribution in [0.3, 0.4) is 0 Å². The fourth-order valence-electron chi connectivity index (χ4n) is 2.27. The number of aromatic nitrogens is 4. The summed E-state index contributed by atoms with van der Waals surface area (Å²) < 4.78 is 33.0. The first kappa shape index (κ1) is 15.1. The van der Waals surface area contributed by atoms with E-state index in [1.807, 2.05) is 0 Å². The van der Waals surface area contributed by atoms with Gasteiger partial charge in [-0.25, -0.2) is 19.8 Å². The van der Waals surface area contributed by atoms with Gasteiger partial charge in [0, 0.05) is 6.42 Å². The lowest BCUT2D eigenvalue weighted by molar-refractivity contribution is -0.0411. The molecule has 0 amide bonds. The number of hydrogen-bond acceptors (Lipinski definition) is 9. The summed E-state index contributed by atoms with van der Waals surface area (Å²) in [7, 11) is -4.10. The van der Waals surface area contributed by atoms with E-state index in [2.05, 4.69) is 19.2 Å². The summed E-state index contributed by atoms with van der Waals surface area (Å²) in [4.78, 5) is 7.94. The summed E-state index contributed by atoms with van der Waals surface area (Å²) in [6, 6.07) is 0. The molecule has 5 N–H and O–H groups in total. The lowest BCUT2D eigenvalue weighted by Gasteiger charge is -2.14. The summed E-state index contributed by atoms with van der Waals surface area (Å²) in [5.74, 6) is 0.281. The first-order chi connectivity index (χ1) is 10.3. The lowest BCUT2D eigenvalue weighted by Crippen LogP contribution is -2.30. The minimum Gasteiger partial charge on any atom is -0.390 e. The van der Waals surface area contributed by atoms with Crippen molar-refractivity contribution in [2.75, 3.05) is 12.3 Å². The van der Waals surface area contributed by atoms with Crippen molar-refractivity contribution in [3.8, 4) is 0 Å². The van der Waals surface area contributed by atoms with Crippen LogP contribution in [-0.2, 0) is 19.2 Å². The quantitative estimate of drug-likeness (QED) is 0.590. The second-order valence-corrected chi connectivity index (χ2v) is 6.02. The Morgan fingerprint density at radius 3 is 3.00 bits per heavy atom. The normalized spacial score (nSPS) is 25.8. The molecule has 1 saturated heterocycles. The highest BCUT2D eigenvalue weighted by atomic mass is 32.2. The summed E-state index contributed by atoms with van der Waals surface area (Å²) in [6.45, 7) is -0.382. The number of nitrogen functional groups attached to an aromatic ring is 1. The zero-order valence-corrected chi connectivity index (χ0v) is 12.0. The Bertz CT molecular complexity index is 792. The van der Waals surface area contributed by atoms with Crippen molar-refractivity contribution < 1.29 is 22.4 Å². The van der Waals surface area contributed by atoms with Crippen molar-refractivity contribution in [1.82, 2.24) is 19.7 Å². The molecule has 22 heavy (non-hydrogen) atoms. The summed E-state index contributed by atoms with van der Waals surface area (Å²) >= 11 is 0. The smallest absolute Gasteiger partial charge is 0.333 e. The Balaban J connectivity index is 1.80. The molecule has 2 aromatic rings. The molecule has 1 aliphatic rings. The Kier molecular flexibility index (Phi) is 3.70. The predicted octanol–water partition coefficient (Wildman–Crippen LogP) is -1.72. The second-order valence-electron chi connectivity index (χ2n) is 4.79. The van der Waals surface area contributed by atoms with Crippen LogP contribution in [0.1, 0.15) is 12.6 Å². The van der Waals surface area contributed by atoms with Gasteiger partial charge in [-0.15, -0.1) is 0 Å². The van der Waals surface area contributed by atoms with Gasteiger partial charge in [-0.05, 0) is 0 Å². The third-order valence-electron chi connectivity index (χ3n) is 3.30. The molecule has 2 aromatic heterocycles. The van der Waals surface area contributed by atoms with Gasteiger partial charge in [-0.2, -0.15) is 13.5 Å². The van der Waals surface area contributed by atoms with E-state index < -0.39 is 28.7 Å². The van der Waals surface area contributed by atoms with E-state index in [0.717, 1.165) is 0 Å². The molecule has 12 heteroatoms. The SMILES string of the molecule is Nc1ncnc2c1cnn2[C@H]1C[C@H](O)[C@@H](COS(N)(=O)=O)O1. The van der Waals surface area contributed by atoms with E-state index in [1.165, 1.54) is 17.2 Å². The number of aliphatic hydroxyl groups is 1. The molecule has 1 aliphatic heterocycles. The van der Waals surface area contributed by atoms with Gasteiger partial charge in [-0.1, -0.05) is 0 Å². The second kappa shape index (κ2) is 5.40. The van der Waals surface area contributed by atoms with Crippen LogP contribution in [0.15, 0.2) is 12.5 Å². The van der Waals surface area contributed by atoms with Crippen LogP contribution in [0, 0.1) is 0 Å². The van der Waals surface area contributed by atoms with Gasteiger partial charge in [-0.3, -0.25) is 4.18 Å². The molecule has 3 rings (SSSR count). The van der Waals surface area contributed by atoms with E-state index in [0.29, 0.717) is 11.0 Å². The van der Waals surface area contributed by atoms with Crippen molar-refractivity contribution in [3.63, 3.8) is 0 Å². The average molecular weight is 330 g/mol. The summed E-state index contributed by atoms with van der Waals surface area (Å²) in [5.41, 5.74) is 6.18. The maximum atomic E-state index is 10.8. The van der Waals surface area contributed by atoms with Crippen LogP contribution >= 0.6 is 0 Å². The van der Waals surface area contributed by atoms with Crippen LogP contribution in [-0.4, -0.2) is 52.1 Å². The molecule has 3 heterocycles. The maximum absolute atomic E-state index is 10.8. The molecule has 0 aromatic carbocycles. The van der Waals surface area contributed by atoms with E-state index in [-0.39, 0.29) is 18.8 Å². The molecular formula is C10H14N6O5S. The topological polar surface area (TPSA) is 168 Å². The van der Waals surface area contributed by atoms with Gasteiger partial charge in [0.2, 0.25) is 0 Å². The zero-order valence-electron chi connectivity index (χ0n) is 11.2. The average Bonchev–Trinajstić information content (AvgIpc) is 3.00. The number of fused-ring (bicyclic) bond motifs is 1. The predicted molar refractivity (Wildman–Crippen MR) is 73.3 cm³/mol. The van der Waals surface area contributed by atoms with Gasteiger partial charge < -0.3 is 15.6 Å². The molecule has 1 fully saturated rings. The Hall–Kier alpha value is -1.86. The van der Waals surface area contributed by atoms with Crippen LogP contribution in [0.5, 0.6) is 0 Å². The highest BCUT2D eigenvalue weighted by Crippen LogP contribution is 2.31. The third-order valence-corrected chi connectivity index (χ3v) is 3.76. The minimum absolute atomic E-state index is 0.194. The van der Waals surface area contributed by atoms with E-state index in [1.54, 1.807) is 0 Å².